The van der Waals surface area contributed by atoms with Gasteiger partial charge in [-0.15, -0.1) is 0 Å². The van der Waals surface area contributed by atoms with Gasteiger partial charge in [-0.1, -0.05) is 13.8 Å². The highest BCUT2D eigenvalue weighted by Gasteiger charge is 2.19. The highest BCUT2D eigenvalue weighted by Crippen LogP contribution is 2.11. The monoisotopic (exact) mass is 253 g/mol. The van der Waals surface area contributed by atoms with E-state index in [2.05, 4.69) is 35.6 Å². The first-order valence-corrected chi connectivity index (χ1v) is 7.04. The molecule has 1 rings (SSSR count). The molecular formula is C14H27N3O. The predicted octanol–water partition coefficient (Wildman–Crippen LogP) is 2.15. The SMILES string of the molecule is CCNC(CCc1nccn1C)C(CC)OCC. The first-order valence-electron chi connectivity index (χ1n) is 7.04. The van der Waals surface area contributed by atoms with Gasteiger partial charge in [-0.25, -0.2) is 4.98 Å². The third kappa shape index (κ3) is 4.42. The number of aromatic nitrogens is 2. The van der Waals surface area contributed by atoms with Crippen LogP contribution in [0.5, 0.6) is 0 Å². The van der Waals surface area contributed by atoms with E-state index < -0.39 is 0 Å². The van der Waals surface area contributed by atoms with Crippen LogP contribution in [0.3, 0.4) is 0 Å². The van der Waals surface area contributed by atoms with Gasteiger partial charge < -0.3 is 14.6 Å². The molecule has 1 aromatic rings. The van der Waals surface area contributed by atoms with Crippen LogP contribution in [0.15, 0.2) is 12.4 Å². The molecular weight excluding hydrogens is 226 g/mol. The Hall–Kier alpha value is -0.870. The van der Waals surface area contributed by atoms with E-state index in [-0.39, 0.29) is 0 Å². The zero-order chi connectivity index (χ0) is 13.4. The third-order valence-corrected chi connectivity index (χ3v) is 3.30. The van der Waals surface area contributed by atoms with Gasteiger partial charge in [0.05, 0.1) is 6.10 Å². The smallest absolute Gasteiger partial charge is 0.108 e. The fourth-order valence-electron chi connectivity index (χ4n) is 2.34. The van der Waals surface area contributed by atoms with Gasteiger partial charge in [0.15, 0.2) is 0 Å². The lowest BCUT2D eigenvalue weighted by Crippen LogP contribution is -2.41. The Kier molecular flexibility index (Phi) is 6.98. The van der Waals surface area contributed by atoms with E-state index in [1.54, 1.807) is 0 Å². The summed E-state index contributed by atoms with van der Waals surface area (Å²) in [5.74, 6) is 1.14. The summed E-state index contributed by atoms with van der Waals surface area (Å²) >= 11 is 0. The molecule has 0 aliphatic carbocycles. The first-order chi connectivity index (χ1) is 8.72. The molecule has 4 heteroatoms. The minimum absolute atomic E-state index is 0.301. The summed E-state index contributed by atoms with van der Waals surface area (Å²) < 4.78 is 7.90. The van der Waals surface area contributed by atoms with Crippen molar-refractivity contribution in [1.82, 2.24) is 14.9 Å². The van der Waals surface area contributed by atoms with Gasteiger partial charge in [-0.3, -0.25) is 0 Å². The second kappa shape index (κ2) is 8.27. The van der Waals surface area contributed by atoms with Crippen LogP contribution in [0.2, 0.25) is 0 Å². The molecule has 0 fully saturated rings. The number of hydrogen-bond acceptors (Lipinski definition) is 3. The quantitative estimate of drug-likeness (QED) is 0.733. The Labute approximate surface area is 111 Å². The molecule has 1 aromatic heterocycles. The van der Waals surface area contributed by atoms with Crippen LogP contribution in [-0.4, -0.2) is 34.8 Å². The van der Waals surface area contributed by atoms with Crippen LogP contribution in [0.1, 0.15) is 39.4 Å². The maximum Gasteiger partial charge on any atom is 0.108 e. The molecule has 0 radical (unpaired) electrons. The number of likely N-dealkylation sites (N-methyl/N-ethyl adjacent to an activating group) is 1. The number of nitrogens with zero attached hydrogens (tertiary/aromatic N) is 2. The van der Waals surface area contributed by atoms with E-state index in [1.165, 1.54) is 0 Å². The fourth-order valence-corrected chi connectivity index (χ4v) is 2.34. The largest absolute Gasteiger partial charge is 0.377 e. The zero-order valence-corrected chi connectivity index (χ0v) is 12.1. The van der Waals surface area contributed by atoms with Gasteiger partial charge in [-0.05, 0) is 26.3 Å². The van der Waals surface area contributed by atoms with Crippen molar-refractivity contribution in [3.63, 3.8) is 0 Å². The lowest BCUT2D eigenvalue weighted by Gasteiger charge is -2.26. The van der Waals surface area contributed by atoms with Crippen LogP contribution >= 0.6 is 0 Å². The molecule has 0 saturated carbocycles. The predicted molar refractivity (Wildman–Crippen MR) is 74.7 cm³/mol. The lowest BCUT2D eigenvalue weighted by molar-refractivity contribution is 0.0300. The van der Waals surface area contributed by atoms with Gasteiger partial charge >= 0.3 is 0 Å². The average Bonchev–Trinajstić information content (AvgIpc) is 2.77. The van der Waals surface area contributed by atoms with Crippen molar-refractivity contribution in [2.24, 2.45) is 7.05 Å². The highest BCUT2D eigenvalue weighted by molar-refractivity contribution is 4.93. The average molecular weight is 253 g/mol. The summed E-state index contributed by atoms with van der Waals surface area (Å²) in [6, 6.07) is 0.414. The lowest BCUT2D eigenvalue weighted by atomic mass is 10.0. The summed E-state index contributed by atoms with van der Waals surface area (Å²) in [4.78, 5) is 4.37. The molecule has 0 aromatic carbocycles. The minimum Gasteiger partial charge on any atom is -0.377 e. The van der Waals surface area contributed by atoms with E-state index >= 15 is 0 Å². The van der Waals surface area contributed by atoms with Crippen LogP contribution in [0.25, 0.3) is 0 Å². The van der Waals surface area contributed by atoms with Gasteiger partial charge in [0.2, 0.25) is 0 Å². The van der Waals surface area contributed by atoms with E-state index in [9.17, 15) is 0 Å². The standard InChI is InChI=1S/C14H27N3O/c1-5-13(18-7-3)12(15-6-2)8-9-14-16-10-11-17(14)4/h10-13,15H,5-9H2,1-4H3. The Morgan fingerprint density at radius 1 is 1.39 bits per heavy atom. The van der Waals surface area contributed by atoms with Crippen molar-refractivity contribution in [1.29, 1.82) is 0 Å². The molecule has 0 amide bonds. The van der Waals surface area contributed by atoms with Crippen molar-refractivity contribution >= 4 is 0 Å². The van der Waals surface area contributed by atoms with E-state index in [1.807, 2.05) is 19.4 Å². The Morgan fingerprint density at radius 2 is 2.17 bits per heavy atom. The Morgan fingerprint density at radius 3 is 2.67 bits per heavy atom. The molecule has 0 saturated heterocycles. The summed E-state index contributed by atoms with van der Waals surface area (Å²) in [5, 5.41) is 3.54. The molecule has 0 bridgehead atoms. The number of ether oxygens (including phenoxy) is 1. The van der Waals surface area contributed by atoms with E-state index in [0.29, 0.717) is 12.1 Å². The first kappa shape index (κ1) is 15.2. The van der Waals surface area contributed by atoms with Crippen LogP contribution < -0.4 is 5.32 Å². The van der Waals surface area contributed by atoms with Gasteiger partial charge in [0.25, 0.3) is 0 Å². The van der Waals surface area contributed by atoms with Gasteiger partial charge in [-0.2, -0.15) is 0 Å². The van der Waals surface area contributed by atoms with Crippen molar-refractivity contribution in [3.8, 4) is 0 Å². The fraction of sp³-hybridized carbons (Fsp3) is 0.786. The van der Waals surface area contributed by atoms with Crippen molar-refractivity contribution in [3.05, 3.63) is 18.2 Å². The Bertz CT molecular complexity index is 325. The maximum atomic E-state index is 5.82. The number of hydrogen-bond donors (Lipinski definition) is 1. The van der Waals surface area contributed by atoms with Crippen molar-refractivity contribution in [2.75, 3.05) is 13.2 Å². The van der Waals surface area contributed by atoms with Crippen molar-refractivity contribution < 1.29 is 4.74 Å². The summed E-state index contributed by atoms with van der Waals surface area (Å²) in [7, 11) is 2.05. The molecule has 0 aliphatic rings. The van der Waals surface area contributed by atoms with Gasteiger partial charge in [0, 0.05) is 38.5 Å². The minimum atomic E-state index is 0.301. The van der Waals surface area contributed by atoms with E-state index in [4.69, 9.17) is 4.74 Å². The highest BCUT2D eigenvalue weighted by atomic mass is 16.5. The van der Waals surface area contributed by atoms with E-state index in [0.717, 1.165) is 38.2 Å². The molecule has 18 heavy (non-hydrogen) atoms. The molecule has 0 aliphatic heterocycles. The van der Waals surface area contributed by atoms with Crippen LogP contribution in [-0.2, 0) is 18.2 Å². The normalized spacial score (nSPS) is 14.7. The second-order valence-corrected chi connectivity index (χ2v) is 4.56. The topological polar surface area (TPSA) is 39.1 Å². The summed E-state index contributed by atoms with van der Waals surface area (Å²) in [5.41, 5.74) is 0. The second-order valence-electron chi connectivity index (χ2n) is 4.56. The van der Waals surface area contributed by atoms with Crippen LogP contribution in [0.4, 0.5) is 0 Å². The number of aryl methyl sites for hydroxylation is 2. The molecule has 2 atom stereocenters. The summed E-state index contributed by atoms with van der Waals surface area (Å²) in [6.45, 7) is 8.15. The maximum absolute atomic E-state index is 5.82. The third-order valence-electron chi connectivity index (χ3n) is 3.30. The Balaban J connectivity index is 2.53. The number of imidazole rings is 1. The molecule has 1 heterocycles. The molecule has 2 unspecified atom stereocenters. The van der Waals surface area contributed by atoms with Crippen molar-refractivity contribution in [2.45, 2.75) is 52.2 Å². The zero-order valence-electron chi connectivity index (χ0n) is 12.1. The summed E-state index contributed by atoms with van der Waals surface area (Å²) in [6.07, 6.45) is 7.26. The molecule has 1 N–H and O–H groups in total. The van der Waals surface area contributed by atoms with Crippen LogP contribution in [0, 0.1) is 0 Å². The molecule has 104 valence electrons. The molecule has 4 nitrogen and oxygen atoms in total. The van der Waals surface area contributed by atoms with Gasteiger partial charge in [0.1, 0.15) is 5.82 Å². The number of rotatable bonds is 9. The molecule has 0 spiro atoms. The number of nitrogens with one attached hydrogen (secondary N) is 1.